The number of aliphatic hydroxyl groups excluding tert-OH is 3. The lowest BCUT2D eigenvalue weighted by Gasteiger charge is -2.37. The first-order valence-electron chi connectivity index (χ1n) is 5.20. The molecule has 0 aromatic carbocycles. The Morgan fingerprint density at radius 3 is 2.82 bits per heavy atom. The number of carbonyl (C=O) groups excluding carboxylic acids is 1. The summed E-state index contributed by atoms with van der Waals surface area (Å²) in [7, 11) is 0. The van der Waals surface area contributed by atoms with Crippen LogP contribution in [0.5, 0.6) is 0 Å². The quantitative estimate of drug-likeness (QED) is 0.464. The standard InChI is InChI=1S/C9H14N4O4/c1-4(15)11-7-5-2-10-12-13(5)6(3-14)8(16)9(7)17/h2,6-9,14,16-17H,3H2,1H3,(H,11,15)/t6-,7+,8-,9-/m1/s1. The van der Waals surface area contributed by atoms with Crippen LogP contribution in [0.4, 0.5) is 0 Å². The molecule has 1 aromatic rings. The van der Waals surface area contributed by atoms with Crippen LogP contribution >= 0.6 is 0 Å². The van der Waals surface area contributed by atoms with E-state index in [-0.39, 0.29) is 12.5 Å². The topological polar surface area (TPSA) is 121 Å². The molecule has 1 aliphatic rings. The average Bonchev–Trinajstić information content (AvgIpc) is 2.73. The van der Waals surface area contributed by atoms with Crippen molar-refractivity contribution < 1.29 is 20.1 Å². The van der Waals surface area contributed by atoms with E-state index in [1.165, 1.54) is 17.8 Å². The lowest BCUT2D eigenvalue weighted by Crippen LogP contribution is -2.51. The van der Waals surface area contributed by atoms with Crippen LogP contribution in [0.2, 0.25) is 0 Å². The molecule has 0 saturated carbocycles. The number of amides is 1. The Morgan fingerprint density at radius 2 is 2.24 bits per heavy atom. The molecule has 0 bridgehead atoms. The number of fused-ring (bicyclic) bond motifs is 1. The van der Waals surface area contributed by atoms with Gasteiger partial charge >= 0.3 is 0 Å². The highest BCUT2D eigenvalue weighted by molar-refractivity contribution is 5.73. The van der Waals surface area contributed by atoms with Gasteiger partial charge in [-0.2, -0.15) is 0 Å². The highest BCUT2D eigenvalue weighted by Gasteiger charge is 2.42. The van der Waals surface area contributed by atoms with Crippen molar-refractivity contribution in [3.05, 3.63) is 11.9 Å². The minimum atomic E-state index is -1.22. The van der Waals surface area contributed by atoms with Crippen LogP contribution in [-0.4, -0.2) is 55.0 Å². The number of hydrogen-bond acceptors (Lipinski definition) is 6. The van der Waals surface area contributed by atoms with Crippen LogP contribution in [0.15, 0.2) is 6.20 Å². The van der Waals surface area contributed by atoms with E-state index in [2.05, 4.69) is 15.6 Å². The lowest BCUT2D eigenvalue weighted by atomic mass is 9.93. The number of carbonyl (C=O) groups is 1. The number of hydrogen-bond donors (Lipinski definition) is 4. The molecule has 1 amide bonds. The zero-order chi connectivity index (χ0) is 12.6. The molecule has 8 nitrogen and oxygen atoms in total. The van der Waals surface area contributed by atoms with Gasteiger partial charge in [-0.15, -0.1) is 5.10 Å². The van der Waals surface area contributed by atoms with E-state index in [0.717, 1.165) is 0 Å². The van der Waals surface area contributed by atoms with Crippen LogP contribution in [0.1, 0.15) is 24.7 Å². The van der Waals surface area contributed by atoms with Crippen molar-refractivity contribution in [2.75, 3.05) is 6.61 Å². The van der Waals surface area contributed by atoms with Crippen molar-refractivity contribution in [1.82, 2.24) is 20.3 Å². The second kappa shape index (κ2) is 4.40. The van der Waals surface area contributed by atoms with Crippen molar-refractivity contribution in [2.45, 2.75) is 31.2 Å². The zero-order valence-electron chi connectivity index (χ0n) is 9.19. The van der Waals surface area contributed by atoms with Crippen molar-refractivity contribution in [2.24, 2.45) is 0 Å². The Morgan fingerprint density at radius 1 is 1.53 bits per heavy atom. The predicted molar refractivity (Wildman–Crippen MR) is 54.7 cm³/mol. The van der Waals surface area contributed by atoms with Gasteiger partial charge in [-0.1, -0.05) is 5.21 Å². The van der Waals surface area contributed by atoms with Gasteiger partial charge in [0.2, 0.25) is 5.91 Å². The zero-order valence-corrected chi connectivity index (χ0v) is 9.19. The smallest absolute Gasteiger partial charge is 0.217 e. The molecule has 0 saturated heterocycles. The van der Waals surface area contributed by atoms with E-state index in [1.807, 2.05) is 0 Å². The fourth-order valence-electron chi connectivity index (χ4n) is 2.04. The number of rotatable bonds is 2. The Hall–Kier alpha value is -1.51. The summed E-state index contributed by atoms with van der Waals surface area (Å²) in [6.07, 6.45) is -1.04. The van der Waals surface area contributed by atoms with Crippen LogP contribution in [0.3, 0.4) is 0 Å². The van der Waals surface area contributed by atoms with Crippen molar-refractivity contribution >= 4 is 5.91 Å². The molecule has 1 aromatic heterocycles. The lowest BCUT2D eigenvalue weighted by molar-refractivity contribution is -0.123. The van der Waals surface area contributed by atoms with E-state index >= 15 is 0 Å². The molecule has 0 spiro atoms. The molecule has 2 rings (SSSR count). The monoisotopic (exact) mass is 242 g/mol. The minimum absolute atomic E-state index is 0.337. The Kier molecular flexibility index (Phi) is 3.09. The SMILES string of the molecule is CC(=O)N[C@H]1c2cnnn2[C@H](CO)[C@@H](O)[C@@H]1O. The first-order valence-corrected chi connectivity index (χ1v) is 5.20. The van der Waals surface area contributed by atoms with Gasteiger partial charge in [0.05, 0.1) is 18.5 Å². The summed E-state index contributed by atoms with van der Waals surface area (Å²) >= 11 is 0. The van der Waals surface area contributed by atoms with Crippen molar-refractivity contribution in [3.63, 3.8) is 0 Å². The van der Waals surface area contributed by atoms with E-state index < -0.39 is 24.3 Å². The molecule has 0 aliphatic carbocycles. The van der Waals surface area contributed by atoms with Gasteiger partial charge in [0.15, 0.2) is 0 Å². The maximum atomic E-state index is 11.0. The summed E-state index contributed by atoms with van der Waals surface area (Å²) in [6, 6.07) is -1.53. The molecule has 4 N–H and O–H groups in total. The number of nitrogens with zero attached hydrogens (tertiary/aromatic N) is 3. The summed E-state index contributed by atoms with van der Waals surface area (Å²) < 4.78 is 1.32. The summed E-state index contributed by atoms with van der Waals surface area (Å²) in [5.41, 5.74) is 0.456. The van der Waals surface area contributed by atoms with Crippen LogP contribution in [0, 0.1) is 0 Å². The molecular weight excluding hydrogens is 228 g/mol. The normalized spacial score (nSPS) is 32.0. The minimum Gasteiger partial charge on any atom is -0.394 e. The molecular formula is C9H14N4O4. The first-order chi connectivity index (χ1) is 8.06. The summed E-state index contributed by atoms with van der Waals surface area (Å²) in [6.45, 7) is 0.937. The number of aliphatic hydroxyl groups is 3. The Balaban J connectivity index is 2.39. The predicted octanol–water partition coefficient (Wildman–Crippen LogP) is -2.28. The molecule has 0 fully saturated rings. The molecule has 2 heterocycles. The fraction of sp³-hybridized carbons (Fsp3) is 0.667. The van der Waals surface area contributed by atoms with Crippen LogP contribution < -0.4 is 5.32 Å². The van der Waals surface area contributed by atoms with Gasteiger partial charge in [0, 0.05) is 6.92 Å². The third kappa shape index (κ3) is 1.90. The van der Waals surface area contributed by atoms with Gasteiger partial charge in [0.1, 0.15) is 24.3 Å². The fourth-order valence-corrected chi connectivity index (χ4v) is 2.04. The summed E-state index contributed by atoms with van der Waals surface area (Å²) in [5.74, 6) is -0.337. The summed E-state index contributed by atoms with van der Waals surface area (Å²) in [4.78, 5) is 11.0. The van der Waals surface area contributed by atoms with Gasteiger partial charge in [-0.05, 0) is 0 Å². The van der Waals surface area contributed by atoms with E-state index in [9.17, 15) is 15.0 Å². The highest BCUT2D eigenvalue weighted by Crippen LogP contribution is 2.31. The Labute approximate surface area is 96.9 Å². The van der Waals surface area contributed by atoms with Crippen LogP contribution in [-0.2, 0) is 4.79 Å². The Bertz CT molecular complexity index is 421. The number of aromatic nitrogens is 3. The van der Waals surface area contributed by atoms with Crippen molar-refractivity contribution in [3.8, 4) is 0 Å². The highest BCUT2D eigenvalue weighted by atomic mass is 16.3. The van der Waals surface area contributed by atoms with Gasteiger partial charge in [-0.25, -0.2) is 4.68 Å². The van der Waals surface area contributed by atoms with Gasteiger partial charge in [-0.3, -0.25) is 4.79 Å². The van der Waals surface area contributed by atoms with Crippen LogP contribution in [0.25, 0.3) is 0 Å². The van der Waals surface area contributed by atoms with E-state index in [1.54, 1.807) is 0 Å². The average molecular weight is 242 g/mol. The number of nitrogens with one attached hydrogen (secondary N) is 1. The molecule has 8 heteroatoms. The second-order valence-corrected chi connectivity index (χ2v) is 4.01. The third-order valence-electron chi connectivity index (χ3n) is 2.87. The largest absolute Gasteiger partial charge is 0.394 e. The molecule has 17 heavy (non-hydrogen) atoms. The molecule has 4 atom stereocenters. The maximum absolute atomic E-state index is 11.0. The van der Waals surface area contributed by atoms with Gasteiger partial charge in [0.25, 0.3) is 0 Å². The summed E-state index contributed by atoms with van der Waals surface area (Å²) in [5, 5.41) is 38.8. The molecule has 1 aliphatic heterocycles. The first kappa shape index (κ1) is 12.0. The van der Waals surface area contributed by atoms with E-state index in [4.69, 9.17) is 5.11 Å². The van der Waals surface area contributed by atoms with Crippen molar-refractivity contribution in [1.29, 1.82) is 0 Å². The van der Waals surface area contributed by atoms with Gasteiger partial charge < -0.3 is 20.6 Å². The third-order valence-corrected chi connectivity index (χ3v) is 2.87. The maximum Gasteiger partial charge on any atom is 0.217 e. The van der Waals surface area contributed by atoms with E-state index in [0.29, 0.717) is 5.69 Å². The molecule has 0 unspecified atom stereocenters. The second-order valence-electron chi connectivity index (χ2n) is 4.01. The molecule has 0 radical (unpaired) electrons. The molecule has 94 valence electrons.